The summed E-state index contributed by atoms with van der Waals surface area (Å²) >= 11 is 0. The summed E-state index contributed by atoms with van der Waals surface area (Å²) in [4.78, 5) is 12.0. The fourth-order valence-corrected chi connectivity index (χ4v) is 5.45. The van der Waals surface area contributed by atoms with Gasteiger partial charge in [0.15, 0.2) is 22.4 Å². The van der Waals surface area contributed by atoms with E-state index in [-0.39, 0.29) is 16.9 Å². The highest BCUT2D eigenvalue weighted by molar-refractivity contribution is 6.74. The van der Waals surface area contributed by atoms with Gasteiger partial charge in [0.1, 0.15) is 0 Å². The maximum absolute atomic E-state index is 12.0. The average Bonchev–Trinajstić information content (AvgIpc) is 2.86. The van der Waals surface area contributed by atoms with E-state index in [9.17, 15) is 4.79 Å². The Bertz CT molecular complexity index is 566. The first-order valence-corrected chi connectivity index (χ1v) is 17.4. The normalized spacial score (nSPS) is 19.0. The van der Waals surface area contributed by atoms with Crippen LogP contribution in [0.25, 0.3) is 0 Å². The van der Waals surface area contributed by atoms with E-state index in [2.05, 4.69) is 67.7 Å². The molecule has 0 bridgehead atoms. The maximum atomic E-state index is 12.0. The number of carbonyl (C=O) groups is 1. The fourth-order valence-electron chi connectivity index (χ4n) is 3.06. The summed E-state index contributed by atoms with van der Waals surface area (Å²) in [5.41, 5.74) is 1.24. The highest BCUT2D eigenvalue weighted by Crippen LogP contribution is 2.40. The van der Waals surface area contributed by atoms with Gasteiger partial charge in [0, 0.05) is 13.0 Å². The van der Waals surface area contributed by atoms with E-state index in [1.54, 1.807) is 0 Å². The summed E-state index contributed by atoms with van der Waals surface area (Å²) in [5.74, 6) is 0.242. The molecule has 0 saturated heterocycles. The number of rotatable bonds is 11. The van der Waals surface area contributed by atoms with Crippen LogP contribution >= 0.6 is 0 Å². The van der Waals surface area contributed by atoms with Crippen LogP contribution in [0, 0.1) is 0 Å². The van der Waals surface area contributed by atoms with Crippen molar-refractivity contribution in [1.82, 2.24) is 0 Å². The van der Waals surface area contributed by atoms with Crippen LogP contribution in [0.5, 0.6) is 0 Å². The first-order chi connectivity index (χ1) is 13.1. The Hall–Kier alpha value is -0.236. The number of unbranched alkanes of at least 4 members (excludes halogenated alkanes) is 4. The zero-order valence-electron chi connectivity index (χ0n) is 21.0. The van der Waals surface area contributed by atoms with Crippen molar-refractivity contribution in [2.24, 2.45) is 0 Å². The van der Waals surface area contributed by atoms with Crippen LogP contribution in [0.3, 0.4) is 0 Å². The molecule has 1 unspecified atom stereocenters. The third-order valence-electron chi connectivity index (χ3n) is 7.27. The molecule has 0 fully saturated rings. The van der Waals surface area contributed by atoms with Crippen molar-refractivity contribution in [1.29, 1.82) is 0 Å². The summed E-state index contributed by atoms with van der Waals surface area (Å²) < 4.78 is 12.8. The van der Waals surface area contributed by atoms with Gasteiger partial charge in [0.2, 0.25) is 0 Å². The van der Waals surface area contributed by atoms with Crippen molar-refractivity contribution in [3.63, 3.8) is 0 Å². The van der Waals surface area contributed by atoms with Gasteiger partial charge in [-0.25, -0.2) is 0 Å². The van der Waals surface area contributed by atoms with Gasteiger partial charge in [-0.05, 0) is 67.2 Å². The second-order valence-electron chi connectivity index (χ2n) is 11.9. The predicted molar refractivity (Wildman–Crippen MR) is 131 cm³/mol. The second-order valence-corrected chi connectivity index (χ2v) is 21.4. The zero-order valence-corrected chi connectivity index (χ0v) is 23.0. The van der Waals surface area contributed by atoms with Crippen LogP contribution in [0.15, 0.2) is 11.6 Å². The highest BCUT2D eigenvalue weighted by Gasteiger charge is 2.41. The molecule has 1 aliphatic carbocycles. The van der Waals surface area contributed by atoms with Crippen molar-refractivity contribution >= 4 is 22.4 Å². The molecule has 0 aromatic heterocycles. The molecular formula is C24H48O3Si2. The van der Waals surface area contributed by atoms with Gasteiger partial charge in [-0.1, -0.05) is 60.8 Å². The molecular weight excluding hydrogens is 392 g/mol. The minimum absolute atomic E-state index is 0.0291. The molecule has 0 N–H and O–H groups in total. The van der Waals surface area contributed by atoms with Gasteiger partial charge in [-0.2, -0.15) is 0 Å². The SMILES string of the molecule is CC(C)(C)[Si](C)(C)OCCCCCCCC1=CC(=O)CC1O[Si](C)(C)C(C)(C)C. The molecule has 1 rings (SSSR count). The number of ketones is 1. The molecule has 0 aliphatic heterocycles. The van der Waals surface area contributed by atoms with Crippen LogP contribution < -0.4 is 0 Å². The van der Waals surface area contributed by atoms with Crippen molar-refractivity contribution < 1.29 is 13.6 Å². The lowest BCUT2D eigenvalue weighted by molar-refractivity contribution is -0.114. The van der Waals surface area contributed by atoms with Crippen molar-refractivity contribution in [2.45, 2.75) is 129 Å². The third kappa shape index (κ3) is 8.43. The van der Waals surface area contributed by atoms with Crippen LogP contribution in [0.1, 0.15) is 86.5 Å². The Morgan fingerprint density at radius 1 is 0.862 bits per heavy atom. The lowest BCUT2D eigenvalue weighted by Crippen LogP contribution is -2.44. The molecule has 1 atom stereocenters. The van der Waals surface area contributed by atoms with Crippen molar-refractivity contribution in [3.8, 4) is 0 Å². The van der Waals surface area contributed by atoms with Crippen LogP contribution in [0.2, 0.25) is 36.3 Å². The molecule has 0 radical (unpaired) electrons. The van der Waals surface area contributed by atoms with Crippen LogP contribution in [-0.4, -0.2) is 35.1 Å². The summed E-state index contributed by atoms with van der Waals surface area (Å²) in [7, 11) is -3.44. The largest absolute Gasteiger partial charge is 0.417 e. The number of carbonyl (C=O) groups excluding carboxylic acids is 1. The molecule has 0 saturated carbocycles. The van der Waals surface area contributed by atoms with E-state index in [1.165, 1.54) is 24.8 Å². The lowest BCUT2D eigenvalue weighted by Gasteiger charge is -2.39. The Kier molecular flexibility index (Phi) is 9.60. The van der Waals surface area contributed by atoms with Gasteiger partial charge in [-0.15, -0.1) is 0 Å². The van der Waals surface area contributed by atoms with Gasteiger partial charge in [0.05, 0.1) is 6.10 Å². The van der Waals surface area contributed by atoms with Gasteiger partial charge in [0.25, 0.3) is 0 Å². The van der Waals surface area contributed by atoms with E-state index >= 15 is 0 Å². The molecule has 29 heavy (non-hydrogen) atoms. The molecule has 3 nitrogen and oxygen atoms in total. The Morgan fingerprint density at radius 2 is 1.38 bits per heavy atom. The Labute approximate surface area is 183 Å². The summed E-state index contributed by atoms with van der Waals surface area (Å²) in [6, 6.07) is 0. The third-order valence-corrected chi connectivity index (χ3v) is 16.3. The van der Waals surface area contributed by atoms with E-state index in [4.69, 9.17) is 8.85 Å². The summed E-state index contributed by atoms with van der Waals surface area (Å²) in [6.07, 6.45) is 9.46. The zero-order chi connectivity index (χ0) is 22.5. The van der Waals surface area contributed by atoms with Crippen LogP contribution in [0.4, 0.5) is 0 Å². The van der Waals surface area contributed by atoms with Gasteiger partial charge < -0.3 is 8.85 Å². The number of hydrogen-bond acceptors (Lipinski definition) is 3. The number of allylic oxidation sites excluding steroid dienone is 1. The topological polar surface area (TPSA) is 35.5 Å². The quantitative estimate of drug-likeness (QED) is 0.244. The van der Waals surface area contributed by atoms with E-state index in [0.717, 1.165) is 25.9 Å². The molecule has 0 aromatic rings. The molecule has 0 spiro atoms. The minimum atomic E-state index is -1.84. The molecule has 170 valence electrons. The molecule has 0 aromatic carbocycles. The maximum Gasteiger partial charge on any atom is 0.192 e. The van der Waals surface area contributed by atoms with Crippen LogP contribution in [-0.2, 0) is 13.6 Å². The fraction of sp³-hybridized carbons (Fsp3) is 0.875. The number of hydrogen-bond donors (Lipinski definition) is 0. The smallest absolute Gasteiger partial charge is 0.192 e. The first kappa shape index (κ1) is 26.8. The lowest BCUT2D eigenvalue weighted by atomic mass is 10.0. The summed E-state index contributed by atoms with van der Waals surface area (Å²) in [6.45, 7) is 23.8. The molecule has 0 heterocycles. The highest BCUT2D eigenvalue weighted by atomic mass is 28.4. The van der Waals surface area contributed by atoms with Gasteiger partial charge >= 0.3 is 0 Å². The predicted octanol–water partition coefficient (Wildman–Crippen LogP) is 7.64. The van der Waals surface area contributed by atoms with Crippen molar-refractivity contribution in [2.75, 3.05) is 6.61 Å². The molecule has 5 heteroatoms. The first-order valence-electron chi connectivity index (χ1n) is 11.6. The molecule has 0 amide bonds. The van der Waals surface area contributed by atoms with Gasteiger partial charge in [-0.3, -0.25) is 4.79 Å². The van der Waals surface area contributed by atoms with E-state index < -0.39 is 16.6 Å². The summed E-state index contributed by atoms with van der Waals surface area (Å²) in [5, 5.41) is 0.471. The van der Waals surface area contributed by atoms with E-state index in [0.29, 0.717) is 11.5 Å². The standard InChI is InChI=1S/C24H48O3Si2/c1-23(2,3)28(7,8)26-17-15-13-11-12-14-16-20-18-21(25)19-22(20)27-29(9,10)24(4,5)6/h18,22H,11-17,19H2,1-10H3. The van der Waals surface area contributed by atoms with Crippen molar-refractivity contribution in [3.05, 3.63) is 11.6 Å². The second kappa shape index (κ2) is 10.4. The molecule has 1 aliphatic rings. The Balaban J connectivity index is 2.30. The van der Waals surface area contributed by atoms with E-state index in [1.807, 2.05) is 6.08 Å². The monoisotopic (exact) mass is 440 g/mol. The minimum Gasteiger partial charge on any atom is -0.417 e. The Morgan fingerprint density at radius 3 is 1.93 bits per heavy atom. The average molecular weight is 441 g/mol.